The fraction of sp³-hybridized carbons (Fsp3) is 0.455. The van der Waals surface area contributed by atoms with Gasteiger partial charge in [0.05, 0.1) is 0 Å². The molecule has 0 atom stereocenters. The normalized spacial score (nSPS) is 10.8. The molecule has 0 saturated heterocycles. The summed E-state index contributed by atoms with van der Waals surface area (Å²) in [7, 11) is 0. The predicted molar refractivity (Wildman–Crippen MR) is 55.0 cm³/mol. The van der Waals surface area contributed by atoms with E-state index in [-0.39, 0.29) is 0 Å². The second kappa shape index (κ2) is 4.28. The van der Waals surface area contributed by atoms with Crippen LogP contribution in [0.5, 0.6) is 5.75 Å². The van der Waals surface area contributed by atoms with Gasteiger partial charge < -0.3 is 10.8 Å². The monoisotopic (exact) mass is 179 g/mol. The van der Waals surface area contributed by atoms with E-state index in [1.165, 1.54) is 11.1 Å². The molecule has 3 N–H and O–H groups in total. The molecule has 1 rings (SSSR count). The van der Waals surface area contributed by atoms with Gasteiger partial charge in [-0.25, -0.2) is 0 Å². The van der Waals surface area contributed by atoms with Crippen molar-refractivity contribution >= 4 is 0 Å². The van der Waals surface area contributed by atoms with Crippen molar-refractivity contribution in [3.8, 4) is 5.75 Å². The minimum Gasteiger partial charge on any atom is -0.508 e. The van der Waals surface area contributed by atoms with Crippen LogP contribution in [0.2, 0.25) is 0 Å². The van der Waals surface area contributed by atoms with Crippen LogP contribution in [0.1, 0.15) is 30.9 Å². The van der Waals surface area contributed by atoms with Crippen molar-refractivity contribution in [1.82, 2.24) is 0 Å². The first-order valence-corrected chi connectivity index (χ1v) is 4.67. The van der Waals surface area contributed by atoms with Gasteiger partial charge in [-0.1, -0.05) is 19.9 Å². The van der Waals surface area contributed by atoms with E-state index in [1.807, 2.05) is 12.1 Å². The smallest absolute Gasteiger partial charge is 0.115 e. The lowest BCUT2D eigenvalue weighted by atomic mass is 9.95. The van der Waals surface area contributed by atoms with Crippen LogP contribution in [0.3, 0.4) is 0 Å². The number of benzene rings is 1. The van der Waals surface area contributed by atoms with Crippen LogP contribution in [0.4, 0.5) is 0 Å². The van der Waals surface area contributed by atoms with E-state index < -0.39 is 0 Å². The molecule has 2 heteroatoms. The molecule has 0 amide bonds. The lowest BCUT2D eigenvalue weighted by Gasteiger charge is -2.12. The van der Waals surface area contributed by atoms with E-state index in [0.29, 0.717) is 18.2 Å². The summed E-state index contributed by atoms with van der Waals surface area (Å²) in [5, 5.41) is 9.32. The summed E-state index contributed by atoms with van der Waals surface area (Å²) in [6.45, 7) is 4.90. The minimum atomic E-state index is 0.337. The molecular formula is C11H17NO. The second-order valence-corrected chi connectivity index (χ2v) is 3.58. The van der Waals surface area contributed by atoms with Gasteiger partial charge >= 0.3 is 0 Å². The molecule has 0 heterocycles. The summed E-state index contributed by atoms with van der Waals surface area (Å²) in [5.41, 5.74) is 7.95. The number of phenols is 1. The maximum atomic E-state index is 9.32. The van der Waals surface area contributed by atoms with Crippen LogP contribution < -0.4 is 5.73 Å². The molecule has 0 radical (unpaired) electrons. The van der Waals surface area contributed by atoms with Gasteiger partial charge in [-0.2, -0.15) is 0 Å². The molecule has 0 aliphatic carbocycles. The number of hydrogen-bond donors (Lipinski definition) is 2. The quantitative estimate of drug-likeness (QED) is 0.745. The van der Waals surface area contributed by atoms with E-state index in [2.05, 4.69) is 13.8 Å². The second-order valence-electron chi connectivity index (χ2n) is 3.58. The van der Waals surface area contributed by atoms with Crippen LogP contribution in [0.15, 0.2) is 18.2 Å². The van der Waals surface area contributed by atoms with Gasteiger partial charge in [0.2, 0.25) is 0 Å². The third kappa shape index (κ3) is 2.46. The van der Waals surface area contributed by atoms with Gasteiger partial charge in [-0.05, 0) is 42.1 Å². The van der Waals surface area contributed by atoms with E-state index >= 15 is 0 Å². The van der Waals surface area contributed by atoms with Crippen LogP contribution in [-0.4, -0.2) is 11.7 Å². The summed E-state index contributed by atoms with van der Waals surface area (Å²) < 4.78 is 0. The molecule has 72 valence electrons. The third-order valence-corrected chi connectivity index (χ3v) is 2.17. The lowest BCUT2D eigenvalue weighted by molar-refractivity contribution is 0.473. The molecule has 1 aromatic rings. The van der Waals surface area contributed by atoms with Crippen molar-refractivity contribution in [1.29, 1.82) is 0 Å². The van der Waals surface area contributed by atoms with Crippen molar-refractivity contribution in [2.45, 2.75) is 26.2 Å². The van der Waals surface area contributed by atoms with Gasteiger partial charge in [-0.3, -0.25) is 0 Å². The van der Waals surface area contributed by atoms with Crippen molar-refractivity contribution in [3.63, 3.8) is 0 Å². The van der Waals surface area contributed by atoms with E-state index in [9.17, 15) is 5.11 Å². The first-order valence-electron chi connectivity index (χ1n) is 4.67. The average molecular weight is 179 g/mol. The first-order chi connectivity index (χ1) is 6.15. The molecule has 13 heavy (non-hydrogen) atoms. The highest BCUT2D eigenvalue weighted by Crippen LogP contribution is 2.24. The maximum absolute atomic E-state index is 9.32. The highest BCUT2D eigenvalue weighted by Gasteiger charge is 2.06. The number of aromatic hydroxyl groups is 1. The number of nitrogens with two attached hydrogens (primary N) is 1. The van der Waals surface area contributed by atoms with E-state index in [0.717, 1.165) is 6.42 Å². The van der Waals surface area contributed by atoms with Crippen LogP contribution in [-0.2, 0) is 6.42 Å². The molecule has 0 aliphatic heterocycles. The maximum Gasteiger partial charge on any atom is 0.115 e. The van der Waals surface area contributed by atoms with Crippen molar-refractivity contribution in [2.75, 3.05) is 6.54 Å². The zero-order valence-electron chi connectivity index (χ0n) is 8.25. The SMILES string of the molecule is CC(C)c1cc(O)ccc1CCN. The lowest BCUT2D eigenvalue weighted by Crippen LogP contribution is -2.05. The number of rotatable bonds is 3. The molecule has 0 bridgehead atoms. The Morgan fingerprint density at radius 3 is 2.62 bits per heavy atom. The van der Waals surface area contributed by atoms with Crippen LogP contribution in [0, 0.1) is 0 Å². The first kappa shape index (κ1) is 10.1. The molecule has 0 spiro atoms. The fourth-order valence-corrected chi connectivity index (χ4v) is 1.50. The molecule has 1 aromatic carbocycles. The minimum absolute atomic E-state index is 0.337. The summed E-state index contributed by atoms with van der Waals surface area (Å²) >= 11 is 0. The molecule has 0 saturated carbocycles. The Balaban J connectivity index is 3.03. The van der Waals surface area contributed by atoms with Crippen LogP contribution >= 0.6 is 0 Å². The van der Waals surface area contributed by atoms with Gasteiger partial charge in [0.15, 0.2) is 0 Å². The van der Waals surface area contributed by atoms with Gasteiger partial charge in [0.1, 0.15) is 5.75 Å². The molecular weight excluding hydrogens is 162 g/mol. The van der Waals surface area contributed by atoms with Gasteiger partial charge in [-0.15, -0.1) is 0 Å². The zero-order chi connectivity index (χ0) is 9.84. The van der Waals surface area contributed by atoms with Crippen LogP contribution in [0.25, 0.3) is 0 Å². The Kier molecular flexibility index (Phi) is 3.32. The molecule has 0 aromatic heterocycles. The topological polar surface area (TPSA) is 46.2 Å². The summed E-state index contributed by atoms with van der Waals surface area (Å²) in [6, 6.07) is 5.50. The Morgan fingerprint density at radius 2 is 2.08 bits per heavy atom. The average Bonchev–Trinajstić information content (AvgIpc) is 2.08. The summed E-state index contributed by atoms with van der Waals surface area (Å²) in [6.07, 6.45) is 0.883. The molecule has 2 nitrogen and oxygen atoms in total. The highest BCUT2D eigenvalue weighted by molar-refractivity contribution is 5.36. The Labute approximate surface area is 79.4 Å². The summed E-state index contributed by atoms with van der Waals surface area (Å²) in [5.74, 6) is 0.776. The molecule has 0 unspecified atom stereocenters. The van der Waals surface area contributed by atoms with E-state index in [1.54, 1.807) is 6.07 Å². The van der Waals surface area contributed by atoms with Gasteiger partial charge in [0, 0.05) is 0 Å². The van der Waals surface area contributed by atoms with Gasteiger partial charge in [0.25, 0.3) is 0 Å². The fourth-order valence-electron chi connectivity index (χ4n) is 1.50. The van der Waals surface area contributed by atoms with E-state index in [4.69, 9.17) is 5.73 Å². The molecule has 0 fully saturated rings. The third-order valence-electron chi connectivity index (χ3n) is 2.17. The van der Waals surface area contributed by atoms with Crippen molar-refractivity contribution in [3.05, 3.63) is 29.3 Å². The number of phenolic OH excluding ortho intramolecular Hbond substituents is 1. The predicted octanol–water partition coefficient (Wildman–Crippen LogP) is 2.02. The molecule has 0 aliphatic rings. The Bertz CT molecular complexity index is 281. The summed E-state index contributed by atoms with van der Waals surface area (Å²) in [4.78, 5) is 0. The van der Waals surface area contributed by atoms with Crippen molar-refractivity contribution < 1.29 is 5.11 Å². The zero-order valence-corrected chi connectivity index (χ0v) is 8.25. The number of hydrogen-bond acceptors (Lipinski definition) is 2. The largest absolute Gasteiger partial charge is 0.508 e. The highest BCUT2D eigenvalue weighted by atomic mass is 16.3. The van der Waals surface area contributed by atoms with Crippen molar-refractivity contribution in [2.24, 2.45) is 5.73 Å². The Hall–Kier alpha value is -1.02. The Morgan fingerprint density at radius 1 is 1.38 bits per heavy atom. The standard InChI is InChI=1S/C11H17NO/c1-8(2)11-7-10(13)4-3-9(11)5-6-12/h3-4,7-8,13H,5-6,12H2,1-2H3.